The van der Waals surface area contributed by atoms with Crippen LogP contribution in [0.3, 0.4) is 0 Å². The first-order valence-electron chi connectivity index (χ1n) is 15.6. The third-order valence-corrected chi connectivity index (χ3v) is 11.8. The van der Waals surface area contributed by atoms with Crippen molar-refractivity contribution in [1.82, 2.24) is 29.1 Å². The van der Waals surface area contributed by atoms with Crippen LogP contribution in [0, 0.1) is 0 Å². The fourth-order valence-electron chi connectivity index (χ4n) is 5.97. The molecule has 0 amide bonds. The zero-order valence-corrected chi connectivity index (χ0v) is 30.1. The Labute approximate surface area is 309 Å². The van der Waals surface area contributed by atoms with Gasteiger partial charge in [-0.3, -0.25) is 32.8 Å². The molecule has 10 atom stereocenters. The predicted molar refractivity (Wildman–Crippen MR) is 185 cm³/mol. The zero-order valence-electron chi connectivity index (χ0n) is 27.5. The lowest BCUT2D eigenvalue weighted by molar-refractivity contribution is -0.103. The van der Waals surface area contributed by atoms with E-state index in [-0.39, 0.29) is 39.6 Å². The standard InChI is InChI=1S/C27H30N10O15P2S/c28-23-17-24(31-9-30-23)37(10-32-17)26-22(52-53(44,45)46)18(40)14(49-26)7-15(21-19(41)20(42)25(50-21)36-6-5-16(39)33-27(36)43)51-54(47,48)55-8-13(38)11-1-3-12(4-2-11)34-35-29/h1-6,9-10,14-15,18-22,25-26,40-42H,7-8H2,(H,47,48)(H2,28,30,31)(H,33,39,43)(H2,44,45,46)/t14-,15?,18-,19+,20-,21-,22-,25-,26-/m1/s1. The minimum atomic E-state index is -5.35. The summed E-state index contributed by atoms with van der Waals surface area (Å²) in [7, 11) is -5.35. The van der Waals surface area contributed by atoms with Gasteiger partial charge in [0.1, 0.15) is 42.4 Å². The highest BCUT2D eigenvalue weighted by molar-refractivity contribution is 8.55. The van der Waals surface area contributed by atoms with Crippen LogP contribution in [0.25, 0.3) is 21.6 Å². The molecule has 0 bridgehead atoms. The van der Waals surface area contributed by atoms with E-state index in [0.717, 1.165) is 34.1 Å². The highest BCUT2D eigenvalue weighted by atomic mass is 32.7. The Morgan fingerprint density at radius 1 is 1.04 bits per heavy atom. The number of nitrogens with two attached hydrogens (primary N) is 1. The highest BCUT2D eigenvalue weighted by Crippen LogP contribution is 2.58. The third-order valence-electron chi connectivity index (χ3n) is 8.44. The number of H-pyrrole nitrogens is 1. The third kappa shape index (κ3) is 8.88. The molecule has 9 N–H and O–H groups in total. The number of nitrogen functional groups attached to an aromatic ring is 1. The Bertz CT molecular complexity index is 2330. The van der Waals surface area contributed by atoms with Crippen LogP contribution < -0.4 is 17.0 Å². The summed E-state index contributed by atoms with van der Waals surface area (Å²) in [5, 5.41) is 36.9. The maximum Gasteiger partial charge on any atom is 0.470 e. The average Bonchev–Trinajstić information content (AvgIpc) is 3.77. The first-order valence-corrected chi connectivity index (χ1v) is 20.3. The number of benzene rings is 1. The van der Waals surface area contributed by atoms with Crippen molar-refractivity contribution in [1.29, 1.82) is 0 Å². The summed E-state index contributed by atoms with van der Waals surface area (Å²) in [4.78, 5) is 84.0. The summed E-state index contributed by atoms with van der Waals surface area (Å²) in [6.45, 7) is -4.97. The van der Waals surface area contributed by atoms with Crippen molar-refractivity contribution in [3.05, 3.63) is 86.0 Å². The van der Waals surface area contributed by atoms with Crippen LogP contribution >= 0.6 is 26.0 Å². The van der Waals surface area contributed by atoms with Gasteiger partial charge >= 0.3 is 20.3 Å². The molecule has 2 aliphatic rings. The first kappa shape index (κ1) is 40.3. The summed E-state index contributed by atoms with van der Waals surface area (Å²) in [5.41, 5.74) is 13.0. The van der Waals surface area contributed by atoms with Crippen molar-refractivity contribution < 1.29 is 62.4 Å². The zero-order chi connectivity index (χ0) is 39.8. The van der Waals surface area contributed by atoms with Gasteiger partial charge in [0.15, 0.2) is 29.7 Å². The molecule has 2 aliphatic heterocycles. The molecule has 0 radical (unpaired) electrons. The minimum Gasteiger partial charge on any atom is -0.387 e. The van der Waals surface area contributed by atoms with Gasteiger partial charge in [-0.15, -0.1) is 0 Å². The van der Waals surface area contributed by atoms with Crippen molar-refractivity contribution in [2.24, 2.45) is 5.11 Å². The second kappa shape index (κ2) is 16.0. The summed E-state index contributed by atoms with van der Waals surface area (Å²) >= 11 is 0.148. The first-order chi connectivity index (χ1) is 26.0. The molecule has 0 saturated carbocycles. The number of carbonyl (C=O) groups is 1. The number of fused-ring (bicyclic) bond motifs is 1. The van der Waals surface area contributed by atoms with Crippen LogP contribution in [-0.4, -0.2) is 113 Å². The molecule has 25 nitrogen and oxygen atoms in total. The number of anilines is 1. The van der Waals surface area contributed by atoms with E-state index in [1.165, 1.54) is 24.3 Å². The van der Waals surface area contributed by atoms with E-state index in [1.54, 1.807) is 0 Å². The Hall–Kier alpha value is -4.36. The smallest absolute Gasteiger partial charge is 0.387 e. The van der Waals surface area contributed by atoms with Crippen LogP contribution in [0.5, 0.6) is 0 Å². The number of phosphoric ester groups is 1. The summed E-state index contributed by atoms with van der Waals surface area (Å²) in [6.07, 6.45) is -13.9. The number of Topliss-reactive ketones (excluding diaryl/α,β-unsaturated/α-hetero) is 1. The van der Waals surface area contributed by atoms with E-state index in [4.69, 9.17) is 29.8 Å². The molecule has 3 aromatic heterocycles. The van der Waals surface area contributed by atoms with Gasteiger partial charge in [-0.2, -0.15) is 0 Å². The van der Waals surface area contributed by atoms with Crippen molar-refractivity contribution in [3.8, 4) is 0 Å². The number of hydrogen-bond acceptors (Lipinski definition) is 18. The highest BCUT2D eigenvalue weighted by Gasteiger charge is 2.54. The Kier molecular flexibility index (Phi) is 11.7. The van der Waals surface area contributed by atoms with Gasteiger partial charge in [-0.05, 0) is 16.9 Å². The minimum absolute atomic E-state index is 0.00215. The average molecular weight is 829 g/mol. The Balaban J connectivity index is 1.30. The topological polar surface area (TPSA) is 383 Å². The number of aliphatic hydroxyl groups is 3. The van der Waals surface area contributed by atoms with Gasteiger partial charge in [0, 0.05) is 34.8 Å². The summed E-state index contributed by atoms with van der Waals surface area (Å²) < 4.78 is 49.7. The lowest BCUT2D eigenvalue weighted by Crippen LogP contribution is -2.43. The normalized spacial score (nSPS) is 27.1. The number of rotatable bonds is 14. The second-order valence-electron chi connectivity index (χ2n) is 12.0. The maximum absolute atomic E-state index is 13.5. The monoisotopic (exact) mass is 828 g/mol. The van der Waals surface area contributed by atoms with E-state index in [2.05, 4.69) is 25.0 Å². The number of imidazole rings is 1. The molecule has 0 spiro atoms. The van der Waals surface area contributed by atoms with E-state index < -0.39 is 99.0 Å². The molecule has 2 unspecified atom stereocenters. The number of nitrogens with zero attached hydrogens (tertiary/aromatic N) is 8. The number of carbonyl (C=O) groups excluding carboxylic acids is 1. The molecule has 28 heteroatoms. The number of nitrogens with one attached hydrogen (secondary N) is 1. The Morgan fingerprint density at radius 3 is 2.44 bits per heavy atom. The molecular formula is C27H30N10O15P2S. The van der Waals surface area contributed by atoms with Crippen molar-refractivity contribution in [3.63, 3.8) is 0 Å². The lowest BCUT2D eigenvalue weighted by Gasteiger charge is -2.30. The number of ketones is 1. The van der Waals surface area contributed by atoms with Gasteiger partial charge in [0.05, 0.1) is 24.3 Å². The number of aliphatic hydroxyl groups excluding tert-OH is 3. The largest absolute Gasteiger partial charge is 0.470 e. The fourth-order valence-corrected chi connectivity index (χ4v) is 8.93. The number of azide groups is 1. The molecule has 2 saturated heterocycles. The predicted octanol–water partition coefficient (Wildman–Crippen LogP) is -0.252. The van der Waals surface area contributed by atoms with Crippen molar-refractivity contribution in [2.45, 2.75) is 61.6 Å². The SMILES string of the molecule is [N-]=[N+]=Nc1ccc(C(=O)CSP(=O)(O)OC(C[C@H]2O[C@@H](n3cnc4c(N)ncnc43)[C@H](OP(=O)(O)O)[C@@H]2O)[C@H]2O[C@@H](n3ccc(=O)[nH]c3=O)[C@H](O)[C@@H]2O)cc1. The molecule has 2 fully saturated rings. The van der Waals surface area contributed by atoms with Crippen molar-refractivity contribution in [2.75, 3.05) is 11.5 Å². The molecule has 1 aromatic carbocycles. The van der Waals surface area contributed by atoms with Crippen LogP contribution in [0.1, 0.15) is 29.2 Å². The second-order valence-corrected chi connectivity index (χ2v) is 17.0. The molecular weight excluding hydrogens is 798 g/mol. The van der Waals surface area contributed by atoms with Crippen LogP contribution in [0.15, 0.2) is 63.9 Å². The number of ether oxygens (including phenoxy) is 2. The van der Waals surface area contributed by atoms with E-state index in [1.807, 2.05) is 4.98 Å². The van der Waals surface area contributed by atoms with Crippen LogP contribution in [-0.2, 0) is 27.7 Å². The number of hydrogen-bond donors (Lipinski definition) is 8. The fraction of sp³-hybridized carbons (Fsp3) is 0.407. The molecule has 294 valence electrons. The van der Waals surface area contributed by atoms with Gasteiger partial charge in [0.25, 0.3) is 5.56 Å². The van der Waals surface area contributed by atoms with Crippen molar-refractivity contribution >= 4 is 54.5 Å². The molecule has 55 heavy (non-hydrogen) atoms. The Morgan fingerprint density at radius 2 is 1.76 bits per heavy atom. The summed E-state index contributed by atoms with van der Waals surface area (Å²) in [6, 6.07) is 6.24. The van der Waals surface area contributed by atoms with Gasteiger partial charge in [0.2, 0.25) is 0 Å². The molecule has 0 aliphatic carbocycles. The lowest BCUT2D eigenvalue weighted by atomic mass is 9.98. The quantitative estimate of drug-likeness (QED) is 0.0267. The number of phosphoric acid groups is 1. The van der Waals surface area contributed by atoms with Gasteiger partial charge in [-0.1, -0.05) is 29.4 Å². The van der Waals surface area contributed by atoms with E-state index >= 15 is 0 Å². The number of aromatic amines is 1. The van der Waals surface area contributed by atoms with Crippen LogP contribution in [0.4, 0.5) is 11.5 Å². The maximum atomic E-state index is 13.5. The molecule has 6 rings (SSSR count). The molecule has 4 aromatic rings. The number of aromatic nitrogens is 6. The van der Waals surface area contributed by atoms with Gasteiger partial charge in [-0.25, -0.2) is 28.9 Å². The van der Waals surface area contributed by atoms with Crippen LogP contribution in [0.2, 0.25) is 0 Å². The van der Waals surface area contributed by atoms with E-state index in [0.29, 0.717) is 0 Å². The summed E-state index contributed by atoms with van der Waals surface area (Å²) in [5.74, 6) is -1.36. The molecule has 5 heterocycles. The van der Waals surface area contributed by atoms with E-state index in [9.17, 15) is 53.5 Å². The van der Waals surface area contributed by atoms with Gasteiger partial charge < -0.3 is 45.2 Å².